The van der Waals surface area contributed by atoms with E-state index in [1.165, 1.54) is 20.9 Å². The van der Waals surface area contributed by atoms with Crippen LogP contribution in [0.5, 0.6) is 5.75 Å². The molecule has 0 spiro atoms. The molecular formula is C22H22N3O2S+. The van der Waals surface area contributed by atoms with Crippen molar-refractivity contribution in [2.45, 2.75) is 25.7 Å². The minimum atomic E-state index is -0.270. The van der Waals surface area contributed by atoms with Crippen molar-refractivity contribution in [1.82, 2.24) is 5.32 Å². The monoisotopic (exact) mass is 392 g/mol. The summed E-state index contributed by atoms with van der Waals surface area (Å²) in [5.41, 5.74) is 4.32. The molecule has 6 heteroatoms. The van der Waals surface area contributed by atoms with E-state index in [-0.39, 0.29) is 17.8 Å². The second-order valence-corrected chi connectivity index (χ2v) is 8.54. The lowest BCUT2D eigenvalue weighted by molar-refractivity contribution is -0.929. The molecule has 5 rings (SSSR count). The van der Waals surface area contributed by atoms with Crippen molar-refractivity contribution in [1.29, 1.82) is 0 Å². The number of amides is 1. The van der Waals surface area contributed by atoms with Crippen LogP contribution < -0.4 is 15.5 Å². The SMILES string of the molecule is O=C1N[C@H](c2ccc(O)cc2)Nc2sc3c(c21)CC[NH+](Cc1ccccc1)C3. The van der Waals surface area contributed by atoms with Crippen LogP contribution >= 0.6 is 11.3 Å². The number of carbonyl (C=O) groups is 1. The number of thiophene rings is 1. The topological polar surface area (TPSA) is 65.8 Å². The zero-order chi connectivity index (χ0) is 19.1. The zero-order valence-corrected chi connectivity index (χ0v) is 16.2. The molecule has 1 aromatic heterocycles. The van der Waals surface area contributed by atoms with Crippen molar-refractivity contribution in [2.24, 2.45) is 0 Å². The van der Waals surface area contributed by atoms with Crippen molar-refractivity contribution in [3.63, 3.8) is 0 Å². The number of phenolic OH excluding ortho intramolecular Hbond substituents is 1. The highest BCUT2D eigenvalue weighted by Gasteiger charge is 2.34. The molecule has 3 heterocycles. The molecule has 5 nitrogen and oxygen atoms in total. The lowest BCUT2D eigenvalue weighted by Crippen LogP contribution is -3.10. The minimum Gasteiger partial charge on any atom is -0.508 e. The second-order valence-electron chi connectivity index (χ2n) is 7.44. The number of fused-ring (bicyclic) bond motifs is 3. The number of benzene rings is 2. The molecule has 2 aromatic carbocycles. The second kappa shape index (κ2) is 6.96. The lowest BCUT2D eigenvalue weighted by atomic mass is 10.00. The quantitative estimate of drug-likeness (QED) is 0.554. The molecule has 2 aliphatic heterocycles. The zero-order valence-electron chi connectivity index (χ0n) is 15.4. The smallest absolute Gasteiger partial charge is 0.256 e. The highest BCUT2D eigenvalue weighted by Crippen LogP contribution is 2.39. The Morgan fingerprint density at radius 1 is 1.07 bits per heavy atom. The molecule has 2 atom stereocenters. The molecule has 142 valence electrons. The Morgan fingerprint density at radius 3 is 2.64 bits per heavy atom. The third kappa shape index (κ3) is 3.15. The largest absolute Gasteiger partial charge is 0.508 e. The van der Waals surface area contributed by atoms with Gasteiger partial charge in [0.05, 0.1) is 17.0 Å². The van der Waals surface area contributed by atoms with Crippen LogP contribution in [0, 0.1) is 0 Å². The molecule has 0 fully saturated rings. The van der Waals surface area contributed by atoms with Crippen molar-refractivity contribution in [3.8, 4) is 5.75 Å². The molecule has 3 aromatic rings. The third-order valence-electron chi connectivity index (χ3n) is 5.53. The molecule has 4 N–H and O–H groups in total. The fourth-order valence-corrected chi connectivity index (χ4v) is 5.46. The molecule has 0 saturated heterocycles. The van der Waals surface area contributed by atoms with E-state index >= 15 is 0 Å². The summed E-state index contributed by atoms with van der Waals surface area (Å²) >= 11 is 1.72. The average molecular weight is 393 g/mol. The number of hydrogen-bond acceptors (Lipinski definition) is 4. The predicted octanol–water partition coefficient (Wildman–Crippen LogP) is 2.45. The fourth-order valence-electron chi connectivity index (χ4n) is 4.12. The van der Waals surface area contributed by atoms with E-state index in [0.29, 0.717) is 0 Å². The standard InChI is InChI=1S/C22H21N3O2S/c26-16-8-6-15(7-9-16)20-23-21(27)19-17-10-11-25(12-14-4-2-1-3-5-14)13-18(17)28-22(19)24-20/h1-9,20,24,26H,10-13H2,(H,23,27)/p+1/t20-/m0/s1. The summed E-state index contributed by atoms with van der Waals surface area (Å²) in [6, 6.07) is 17.5. The summed E-state index contributed by atoms with van der Waals surface area (Å²) < 4.78 is 0. The molecule has 28 heavy (non-hydrogen) atoms. The van der Waals surface area contributed by atoms with Gasteiger partial charge < -0.3 is 20.6 Å². The number of carbonyl (C=O) groups excluding carboxylic acids is 1. The number of rotatable bonds is 3. The van der Waals surface area contributed by atoms with Gasteiger partial charge in [-0.15, -0.1) is 11.3 Å². The van der Waals surface area contributed by atoms with Crippen LogP contribution in [0.15, 0.2) is 54.6 Å². The first-order valence-electron chi connectivity index (χ1n) is 9.56. The van der Waals surface area contributed by atoms with Crippen LogP contribution in [0.2, 0.25) is 0 Å². The minimum absolute atomic E-state index is 0.00386. The van der Waals surface area contributed by atoms with E-state index in [1.54, 1.807) is 23.5 Å². The van der Waals surface area contributed by atoms with Crippen LogP contribution in [-0.4, -0.2) is 17.6 Å². The highest BCUT2D eigenvalue weighted by atomic mass is 32.1. The van der Waals surface area contributed by atoms with Gasteiger partial charge in [0, 0.05) is 12.0 Å². The third-order valence-corrected chi connectivity index (χ3v) is 6.69. The Morgan fingerprint density at radius 2 is 1.86 bits per heavy atom. The van der Waals surface area contributed by atoms with Crippen molar-refractivity contribution >= 4 is 22.2 Å². The molecule has 1 amide bonds. The molecule has 0 bridgehead atoms. The molecule has 0 saturated carbocycles. The number of phenols is 1. The van der Waals surface area contributed by atoms with Crippen molar-refractivity contribution in [3.05, 3.63) is 81.7 Å². The first-order valence-corrected chi connectivity index (χ1v) is 10.4. The molecule has 0 radical (unpaired) electrons. The molecular weight excluding hydrogens is 370 g/mol. The van der Waals surface area contributed by atoms with Gasteiger partial charge in [-0.05, 0) is 23.3 Å². The normalized spacial score (nSPS) is 20.6. The summed E-state index contributed by atoms with van der Waals surface area (Å²) in [7, 11) is 0. The van der Waals surface area contributed by atoms with Gasteiger partial charge in [-0.25, -0.2) is 0 Å². The number of hydrogen-bond donors (Lipinski definition) is 4. The van der Waals surface area contributed by atoms with Crippen LogP contribution in [0.25, 0.3) is 0 Å². The Bertz CT molecular complexity index is 1010. The number of aromatic hydroxyl groups is 1. The van der Waals surface area contributed by atoms with Gasteiger partial charge in [0.2, 0.25) is 0 Å². The average Bonchev–Trinajstić information content (AvgIpc) is 3.07. The first kappa shape index (κ1) is 17.3. The van der Waals surface area contributed by atoms with E-state index in [0.717, 1.165) is 42.2 Å². The van der Waals surface area contributed by atoms with Gasteiger partial charge in [-0.1, -0.05) is 42.5 Å². The van der Waals surface area contributed by atoms with Crippen LogP contribution in [0.4, 0.5) is 5.00 Å². The lowest BCUT2D eigenvalue weighted by Gasteiger charge is -2.27. The maximum absolute atomic E-state index is 12.8. The van der Waals surface area contributed by atoms with Gasteiger partial charge in [0.15, 0.2) is 0 Å². The van der Waals surface area contributed by atoms with Crippen LogP contribution in [0.3, 0.4) is 0 Å². The molecule has 0 aliphatic carbocycles. The number of anilines is 1. The summed E-state index contributed by atoms with van der Waals surface area (Å²) in [6.45, 7) is 3.01. The van der Waals surface area contributed by atoms with E-state index in [2.05, 4.69) is 41.0 Å². The molecule has 1 unspecified atom stereocenters. The Labute approximate surface area is 167 Å². The maximum atomic E-state index is 12.8. The Balaban J connectivity index is 1.38. The van der Waals surface area contributed by atoms with E-state index < -0.39 is 0 Å². The molecule has 2 aliphatic rings. The predicted molar refractivity (Wildman–Crippen MR) is 110 cm³/mol. The van der Waals surface area contributed by atoms with E-state index in [4.69, 9.17) is 0 Å². The van der Waals surface area contributed by atoms with E-state index in [9.17, 15) is 9.90 Å². The van der Waals surface area contributed by atoms with Gasteiger partial charge >= 0.3 is 0 Å². The summed E-state index contributed by atoms with van der Waals surface area (Å²) in [4.78, 5) is 15.7. The summed E-state index contributed by atoms with van der Waals surface area (Å²) in [6.07, 6.45) is 0.663. The maximum Gasteiger partial charge on any atom is 0.256 e. The Kier molecular flexibility index (Phi) is 4.30. The first-order chi connectivity index (χ1) is 13.7. The van der Waals surface area contributed by atoms with Gasteiger partial charge in [0.25, 0.3) is 5.91 Å². The van der Waals surface area contributed by atoms with Gasteiger partial charge in [0.1, 0.15) is 30.0 Å². The number of nitrogens with one attached hydrogen (secondary N) is 3. The van der Waals surface area contributed by atoms with Crippen LogP contribution in [-0.2, 0) is 19.5 Å². The highest BCUT2D eigenvalue weighted by molar-refractivity contribution is 7.16. The number of quaternary nitrogens is 1. The van der Waals surface area contributed by atoms with Crippen LogP contribution in [0.1, 0.15) is 38.1 Å². The van der Waals surface area contributed by atoms with Crippen molar-refractivity contribution in [2.75, 3.05) is 11.9 Å². The fraction of sp³-hybridized carbons (Fsp3) is 0.227. The Hall–Kier alpha value is -2.83. The van der Waals surface area contributed by atoms with Crippen molar-refractivity contribution < 1.29 is 14.8 Å². The van der Waals surface area contributed by atoms with E-state index in [1.807, 2.05) is 12.1 Å². The summed E-state index contributed by atoms with van der Waals surface area (Å²) in [5.74, 6) is 0.218. The van der Waals surface area contributed by atoms with Gasteiger partial charge in [-0.2, -0.15) is 0 Å². The summed E-state index contributed by atoms with van der Waals surface area (Å²) in [5, 5.41) is 17.0. The van der Waals surface area contributed by atoms with Gasteiger partial charge in [-0.3, -0.25) is 4.79 Å².